The van der Waals surface area contributed by atoms with E-state index in [9.17, 15) is 19.7 Å². The molecular weight excluding hydrogens is 722 g/mol. The number of nitro groups is 1. The number of imide groups is 1. The van der Waals surface area contributed by atoms with Crippen molar-refractivity contribution in [2.75, 3.05) is 6.61 Å². The van der Waals surface area contributed by atoms with Gasteiger partial charge in [-0.3, -0.25) is 24.6 Å². The van der Waals surface area contributed by atoms with Crippen LogP contribution in [0.25, 0.3) is 6.08 Å². The highest BCUT2D eigenvalue weighted by Gasteiger charge is 2.35. The molecule has 0 bridgehead atoms. The van der Waals surface area contributed by atoms with Crippen molar-refractivity contribution in [1.29, 1.82) is 0 Å². The van der Waals surface area contributed by atoms with Gasteiger partial charge in [0.05, 0.1) is 26.6 Å². The zero-order valence-electron chi connectivity index (χ0n) is 19.5. The summed E-state index contributed by atoms with van der Waals surface area (Å²) >= 11 is 5.25. The molecule has 0 saturated carbocycles. The van der Waals surface area contributed by atoms with Crippen LogP contribution >= 0.6 is 56.9 Å². The lowest BCUT2D eigenvalue weighted by molar-refractivity contribution is -0.384. The van der Waals surface area contributed by atoms with Crippen LogP contribution in [0.15, 0.2) is 65.6 Å². The molecule has 0 radical (unpaired) electrons. The molecule has 0 unspecified atom stereocenters. The number of halogens is 2. The molecule has 0 aromatic heterocycles. The smallest absolute Gasteiger partial charge is 0.293 e. The first kappa shape index (κ1) is 27.4. The third-order valence-electron chi connectivity index (χ3n) is 5.26. The van der Waals surface area contributed by atoms with Crippen LogP contribution in [0, 0.1) is 17.3 Å². The first-order chi connectivity index (χ1) is 17.7. The van der Waals surface area contributed by atoms with E-state index in [1.54, 1.807) is 18.2 Å². The first-order valence-corrected chi connectivity index (χ1v) is 14.0. The molecule has 1 aliphatic rings. The van der Waals surface area contributed by atoms with Gasteiger partial charge in [-0.15, -0.1) is 0 Å². The molecule has 1 fully saturated rings. The Morgan fingerprint density at radius 1 is 1.03 bits per heavy atom. The number of carbonyl (C=O) groups is 2. The Labute approximate surface area is 244 Å². The van der Waals surface area contributed by atoms with Crippen LogP contribution in [0.1, 0.15) is 23.6 Å². The van der Waals surface area contributed by atoms with E-state index in [0.29, 0.717) is 35.8 Å². The number of ether oxygens (including phenoxy) is 2. The van der Waals surface area contributed by atoms with Crippen LogP contribution < -0.4 is 9.47 Å². The number of benzene rings is 3. The monoisotopic (exact) mass is 742 g/mol. The Kier molecular flexibility index (Phi) is 9.08. The summed E-state index contributed by atoms with van der Waals surface area (Å²) in [6, 6.07) is 17.6. The summed E-state index contributed by atoms with van der Waals surface area (Å²) in [4.78, 5) is 37.5. The molecule has 3 aromatic carbocycles. The summed E-state index contributed by atoms with van der Waals surface area (Å²) in [5, 5.41) is 10.6. The van der Waals surface area contributed by atoms with E-state index in [1.165, 1.54) is 18.2 Å². The summed E-state index contributed by atoms with van der Waals surface area (Å²) < 4.78 is 13.9. The van der Waals surface area contributed by atoms with Crippen LogP contribution in [0.2, 0.25) is 0 Å². The molecule has 0 aliphatic carbocycles. The quantitative estimate of drug-likeness (QED) is 0.101. The number of hydrogen-bond donors (Lipinski definition) is 0. The summed E-state index contributed by atoms with van der Waals surface area (Å²) in [5.74, 6) is 0.701. The van der Waals surface area contributed by atoms with E-state index in [4.69, 9.17) is 9.47 Å². The first-order valence-electron chi connectivity index (χ1n) is 11.1. The average Bonchev–Trinajstić information content (AvgIpc) is 3.12. The zero-order chi connectivity index (χ0) is 26.5. The topological polar surface area (TPSA) is 99.0 Å². The van der Waals surface area contributed by atoms with Crippen LogP contribution in [0.5, 0.6) is 11.5 Å². The van der Waals surface area contributed by atoms with Gasteiger partial charge >= 0.3 is 0 Å². The third-order valence-corrected chi connectivity index (χ3v) is 7.69. The number of nitrogens with zero attached hydrogens (tertiary/aromatic N) is 2. The second-order valence-electron chi connectivity index (χ2n) is 7.87. The molecule has 190 valence electrons. The van der Waals surface area contributed by atoms with Crippen molar-refractivity contribution >= 4 is 79.9 Å². The predicted molar refractivity (Wildman–Crippen MR) is 158 cm³/mol. The summed E-state index contributed by atoms with van der Waals surface area (Å²) in [5.41, 5.74) is 2.12. The molecule has 2 amide bonds. The van der Waals surface area contributed by atoms with E-state index < -0.39 is 16.1 Å². The van der Waals surface area contributed by atoms with Crippen LogP contribution in [0.3, 0.4) is 0 Å². The minimum atomic E-state index is -0.511. The number of nitro benzene ring substituents is 1. The number of non-ortho nitro benzene ring substituents is 1. The van der Waals surface area contributed by atoms with Crippen molar-refractivity contribution in [1.82, 2.24) is 4.90 Å². The van der Waals surface area contributed by atoms with E-state index >= 15 is 0 Å². The molecule has 37 heavy (non-hydrogen) atoms. The largest absolute Gasteiger partial charge is 0.490 e. The van der Waals surface area contributed by atoms with Crippen molar-refractivity contribution in [3.8, 4) is 11.5 Å². The van der Waals surface area contributed by atoms with Crippen molar-refractivity contribution in [2.24, 2.45) is 0 Å². The second kappa shape index (κ2) is 12.3. The summed E-state index contributed by atoms with van der Waals surface area (Å²) in [6.07, 6.45) is 1.64. The van der Waals surface area contributed by atoms with Gasteiger partial charge in [0, 0.05) is 15.7 Å². The van der Waals surface area contributed by atoms with E-state index in [2.05, 4.69) is 45.2 Å². The Morgan fingerprint density at radius 3 is 2.49 bits per heavy atom. The maximum atomic E-state index is 13.0. The summed E-state index contributed by atoms with van der Waals surface area (Å²) in [7, 11) is 0. The molecule has 11 heteroatoms. The van der Waals surface area contributed by atoms with E-state index in [1.807, 2.05) is 37.3 Å². The fourth-order valence-electron chi connectivity index (χ4n) is 3.55. The van der Waals surface area contributed by atoms with Crippen LogP contribution in [-0.2, 0) is 17.9 Å². The molecule has 0 spiro atoms. The third kappa shape index (κ3) is 6.82. The Balaban J connectivity index is 1.54. The fraction of sp³-hybridized carbons (Fsp3) is 0.154. The number of rotatable bonds is 9. The lowest BCUT2D eigenvalue weighted by atomic mass is 10.1. The van der Waals surface area contributed by atoms with E-state index in [-0.39, 0.29) is 17.1 Å². The number of amides is 2. The maximum absolute atomic E-state index is 13.0. The molecule has 4 rings (SSSR count). The average molecular weight is 742 g/mol. The molecule has 1 heterocycles. The zero-order valence-corrected chi connectivity index (χ0v) is 24.6. The molecule has 1 aliphatic heterocycles. The molecule has 3 aromatic rings. The second-order valence-corrected chi connectivity index (χ2v) is 11.3. The van der Waals surface area contributed by atoms with Crippen molar-refractivity contribution in [3.05, 3.63) is 99.5 Å². The van der Waals surface area contributed by atoms with Gasteiger partial charge in [-0.25, -0.2) is 0 Å². The lowest BCUT2D eigenvalue weighted by Gasteiger charge is -2.15. The SMILES string of the molecule is CCOc1cc(/C=C2/SC(=O)N(Cc3cccc([N+](=O)[O-])c3)C2=O)cc(I)c1OCc1ccc(I)cc1. The van der Waals surface area contributed by atoms with Crippen LogP contribution in [-0.4, -0.2) is 27.6 Å². The predicted octanol–water partition coefficient (Wildman–Crippen LogP) is 7.02. The van der Waals surface area contributed by atoms with Gasteiger partial charge in [-0.05, 0) is 111 Å². The molecule has 1 saturated heterocycles. The van der Waals surface area contributed by atoms with Gasteiger partial charge in [-0.2, -0.15) is 0 Å². The Bertz CT molecular complexity index is 1390. The fourth-order valence-corrected chi connectivity index (χ4v) is 5.53. The molecule has 8 nitrogen and oxygen atoms in total. The minimum absolute atomic E-state index is 0.0449. The number of hydrogen-bond acceptors (Lipinski definition) is 7. The van der Waals surface area contributed by atoms with Crippen molar-refractivity contribution < 1.29 is 24.0 Å². The number of thioether (sulfide) groups is 1. The number of carbonyl (C=O) groups excluding carboxylic acids is 2. The Morgan fingerprint density at radius 2 is 1.78 bits per heavy atom. The van der Waals surface area contributed by atoms with Gasteiger partial charge in [0.2, 0.25) is 0 Å². The van der Waals surface area contributed by atoms with Crippen molar-refractivity contribution in [3.63, 3.8) is 0 Å². The maximum Gasteiger partial charge on any atom is 0.293 e. The van der Waals surface area contributed by atoms with Crippen molar-refractivity contribution in [2.45, 2.75) is 20.1 Å². The van der Waals surface area contributed by atoms with Gasteiger partial charge in [0.25, 0.3) is 16.8 Å². The lowest BCUT2D eigenvalue weighted by Crippen LogP contribution is -2.27. The minimum Gasteiger partial charge on any atom is -0.490 e. The normalized spacial score (nSPS) is 14.4. The van der Waals surface area contributed by atoms with Gasteiger partial charge in [0.1, 0.15) is 6.61 Å². The molecule has 0 atom stereocenters. The highest BCUT2D eigenvalue weighted by Crippen LogP contribution is 2.38. The van der Waals surface area contributed by atoms with Gasteiger partial charge < -0.3 is 9.47 Å². The van der Waals surface area contributed by atoms with Crippen LogP contribution in [0.4, 0.5) is 10.5 Å². The summed E-state index contributed by atoms with van der Waals surface area (Å²) in [6.45, 7) is 2.64. The van der Waals surface area contributed by atoms with E-state index in [0.717, 1.165) is 29.4 Å². The highest BCUT2D eigenvalue weighted by atomic mass is 127. The standard InChI is InChI=1S/C26H20I2N2O6S/c1-2-35-22-12-18(11-21(28)24(22)36-15-16-6-8-19(27)9-7-16)13-23-25(31)29(26(32)37-23)14-17-4-3-5-20(10-17)30(33)34/h3-13H,2,14-15H2,1H3/b23-13+. The molecule has 0 N–H and O–H groups in total. The van der Waals surface area contributed by atoms with Gasteiger partial charge in [-0.1, -0.05) is 24.3 Å². The highest BCUT2D eigenvalue weighted by molar-refractivity contribution is 14.1. The molecular formula is C26H20I2N2O6S. The Hall–Kier alpha value is -2.65. The van der Waals surface area contributed by atoms with Gasteiger partial charge in [0.15, 0.2) is 11.5 Å².